The zero-order valence-corrected chi connectivity index (χ0v) is 28.2. The van der Waals surface area contributed by atoms with E-state index in [0.29, 0.717) is 67.8 Å². The predicted molar refractivity (Wildman–Crippen MR) is 181 cm³/mol. The van der Waals surface area contributed by atoms with E-state index in [9.17, 15) is 14.4 Å². The maximum absolute atomic E-state index is 13.1. The third-order valence-electron chi connectivity index (χ3n) is 9.57. The van der Waals surface area contributed by atoms with E-state index in [2.05, 4.69) is 19.6 Å². The minimum Gasteiger partial charge on any atom is -0.494 e. The monoisotopic (exact) mass is 648 g/mol. The fraction of sp³-hybridized carbons (Fsp3) is 0.564. The number of ether oxygens (including phenoxy) is 5. The van der Waals surface area contributed by atoms with Crippen LogP contribution in [-0.4, -0.2) is 38.2 Å². The lowest BCUT2D eigenvalue weighted by atomic mass is 9.77. The number of benzene rings is 2. The highest BCUT2D eigenvalue weighted by molar-refractivity contribution is 5.81. The predicted octanol–water partition coefficient (Wildman–Crippen LogP) is 8.75. The van der Waals surface area contributed by atoms with Gasteiger partial charge in [0.25, 0.3) is 0 Å². The van der Waals surface area contributed by atoms with Crippen molar-refractivity contribution >= 4 is 17.9 Å². The molecule has 2 aromatic carbocycles. The highest BCUT2D eigenvalue weighted by atomic mass is 16.6. The van der Waals surface area contributed by atoms with Crippen LogP contribution in [0.25, 0.3) is 0 Å². The minimum atomic E-state index is -0.389. The van der Waals surface area contributed by atoms with E-state index < -0.39 is 0 Å². The molecule has 0 aromatic heterocycles. The maximum Gasteiger partial charge on any atom is 0.330 e. The first-order valence-corrected chi connectivity index (χ1v) is 17.5. The van der Waals surface area contributed by atoms with Gasteiger partial charge in [0.15, 0.2) is 11.5 Å². The van der Waals surface area contributed by atoms with Gasteiger partial charge in [-0.3, -0.25) is 9.59 Å². The van der Waals surface area contributed by atoms with Crippen LogP contribution in [0.5, 0.6) is 23.0 Å². The first-order chi connectivity index (χ1) is 22.9. The van der Waals surface area contributed by atoms with Crippen molar-refractivity contribution in [3.8, 4) is 23.0 Å². The van der Waals surface area contributed by atoms with Crippen molar-refractivity contribution in [2.75, 3.05) is 20.3 Å². The van der Waals surface area contributed by atoms with E-state index in [-0.39, 0.29) is 29.7 Å². The normalized spacial score (nSPS) is 20.9. The van der Waals surface area contributed by atoms with Gasteiger partial charge in [-0.05, 0) is 131 Å². The van der Waals surface area contributed by atoms with E-state index in [0.717, 1.165) is 31.6 Å². The molecule has 0 amide bonds. The Balaban J connectivity index is 1.14. The number of carbonyl (C=O) groups excluding carboxylic acids is 3. The Morgan fingerprint density at radius 1 is 0.745 bits per heavy atom. The lowest BCUT2D eigenvalue weighted by molar-refractivity contribution is -0.145. The number of unbranched alkanes of at least 4 members (excludes halogenated alkanes) is 3. The van der Waals surface area contributed by atoms with Crippen LogP contribution < -0.4 is 18.9 Å². The Morgan fingerprint density at radius 3 is 1.98 bits per heavy atom. The molecule has 4 rings (SSSR count). The summed E-state index contributed by atoms with van der Waals surface area (Å²) in [6.07, 6.45) is 14.6. The summed E-state index contributed by atoms with van der Waals surface area (Å²) in [6, 6.07) is 13.1. The number of methoxy groups -OCH3 is 1. The molecule has 8 heteroatoms. The molecule has 0 heterocycles. The molecule has 47 heavy (non-hydrogen) atoms. The Hall–Kier alpha value is -3.81. The lowest BCUT2D eigenvalue weighted by Crippen LogP contribution is -2.30. The van der Waals surface area contributed by atoms with Gasteiger partial charge in [0, 0.05) is 6.08 Å². The van der Waals surface area contributed by atoms with E-state index in [4.69, 9.17) is 23.7 Å². The molecular weight excluding hydrogens is 596 g/mol. The molecule has 0 spiro atoms. The number of rotatable bonds is 17. The van der Waals surface area contributed by atoms with E-state index >= 15 is 0 Å². The van der Waals surface area contributed by atoms with Gasteiger partial charge in [-0.15, -0.1) is 0 Å². The van der Waals surface area contributed by atoms with Gasteiger partial charge in [0.2, 0.25) is 0 Å². The van der Waals surface area contributed by atoms with Crippen LogP contribution in [0.2, 0.25) is 0 Å². The molecule has 2 saturated carbocycles. The van der Waals surface area contributed by atoms with Gasteiger partial charge < -0.3 is 23.7 Å². The smallest absolute Gasteiger partial charge is 0.330 e. The average Bonchev–Trinajstić information content (AvgIpc) is 3.10. The Morgan fingerprint density at radius 2 is 1.36 bits per heavy atom. The maximum atomic E-state index is 13.1. The SMILES string of the molecule is C=CC(=O)OCCCCCCOc1ccc(OC(=O)C2CCC(C(=O)Oc3ccc(C4CCC(CCC)CC4)cc3OC)CC2)cc1. The molecular formula is C39H52O8. The van der Waals surface area contributed by atoms with Crippen molar-refractivity contribution in [1.29, 1.82) is 0 Å². The Labute approximate surface area is 280 Å². The topological polar surface area (TPSA) is 97.4 Å². The molecule has 2 aromatic rings. The number of carbonyl (C=O) groups is 3. The summed E-state index contributed by atoms with van der Waals surface area (Å²) in [5.41, 5.74) is 1.26. The van der Waals surface area contributed by atoms with Crippen molar-refractivity contribution < 1.29 is 38.1 Å². The molecule has 0 saturated heterocycles. The molecule has 2 fully saturated rings. The molecule has 0 radical (unpaired) electrons. The second-order valence-electron chi connectivity index (χ2n) is 12.9. The highest BCUT2D eigenvalue weighted by Gasteiger charge is 2.33. The summed E-state index contributed by atoms with van der Waals surface area (Å²) >= 11 is 0. The highest BCUT2D eigenvalue weighted by Crippen LogP contribution is 2.41. The summed E-state index contributed by atoms with van der Waals surface area (Å²) in [7, 11) is 1.62. The summed E-state index contributed by atoms with van der Waals surface area (Å²) in [5, 5.41) is 0. The van der Waals surface area contributed by atoms with Crippen molar-refractivity contribution in [3.63, 3.8) is 0 Å². The molecule has 0 N–H and O–H groups in total. The molecule has 2 aliphatic rings. The van der Waals surface area contributed by atoms with Crippen LogP contribution in [0.15, 0.2) is 55.1 Å². The molecule has 0 aliphatic heterocycles. The van der Waals surface area contributed by atoms with Crippen LogP contribution in [0.4, 0.5) is 0 Å². The quantitative estimate of drug-likeness (QED) is 0.0727. The standard InChI is InChI=1S/C39H52O8/c1-4-10-28-11-13-29(14-12-28)32-19-24-35(36(27-32)43-3)47-39(42)31-17-15-30(16-18-31)38(41)46-34-22-20-33(21-23-34)44-25-8-6-7-9-26-45-37(40)5-2/h5,19-24,27-31H,2,4,6-18,25-26H2,1,3H3. The van der Waals surface area contributed by atoms with Crippen LogP contribution in [0.1, 0.15) is 108 Å². The second kappa shape index (κ2) is 19.1. The summed E-state index contributed by atoms with van der Waals surface area (Å²) in [4.78, 5) is 37.0. The van der Waals surface area contributed by atoms with E-state index in [1.165, 1.54) is 50.2 Å². The minimum absolute atomic E-state index is 0.253. The van der Waals surface area contributed by atoms with Crippen LogP contribution in [0.3, 0.4) is 0 Å². The van der Waals surface area contributed by atoms with Crippen molar-refractivity contribution in [2.24, 2.45) is 17.8 Å². The first kappa shape index (κ1) is 36.0. The fourth-order valence-corrected chi connectivity index (χ4v) is 6.75. The molecule has 0 atom stereocenters. The number of esters is 3. The number of hydrogen-bond acceptors (Lipinski definition) is 8. The van der Waals surface area contributed by atoms with Gasteiger partial charge in [-0.25, -0.2) is 4.79 Å². The van der Waals surface area contributed by atoms with E-state index in [1.54, 1.807) is 31.4 Å². The summed E-state index contributed by atoms with van der Waals surface area (Å²) in [6.45, 7) is 6.62. The van der Waals surface area contributed by atoms with Crippen LogP contribution in [0, 0.1) is 17.8 Å². The molecule has 0 bridgehead atoms. The van der Waals surface area contributed by atoms with Crippen molar-refractivity contribution in [1.82, 2.24) is 0 Å². The van der Waals surface area contributed by atoms with Gasteiger partial charge in [0.05, 0.1) is 32.2 Å². The van der Waals surface area contributed by atoms with Gasteiger partial charge >= 0.3 is 17.9 Å². The fourth-order valence-electron chi connectivity index (χ4n) is 6.75. The third-order valence-corrected chi connectivity index (χ3v) is 9.57. The summed E-state index contributed by atoms with van der Waals surface area (Å²) < 4.78 is 27.9. The molecule has 2 aliphatic carbocycles. The molecule has 0 unspecified atom stereocenters. The second-order valence-corrected chi connectivity index (χ2v) is 12.9. The third kappa shape index (κ3) is 11.4. The van der Waals surface area contributed by atoms with E-state index in [1.807, 2.05) is 12.1 Å². The number of hydrogen-bond donors (Lipinski definition) is 0. The van der Waals surface area contributed by atoms with Crippen LogP contribution in [-0.2, 0) is 19.1 Å². The van der Waals surface area contributed by atoms with Crippen LogP contribution >= 0.6 is 0 Å². The molecule has 8 nitrogen and oxygen atoms in total. The van der Waals surface area contributed by atoms with Gasteiger partial charge in [-0.2, -0.15) is 0 Å². The van der Waals surface area contributed by atoms with Crippen molar-refractivity contribution in [3.05, 3.63) is 60.7 Å². The Bertz CT molecular complexity index is 1290. The lowest BCUT2D eigenvalue weighted by Gasteiger charge is -2.29. The largest absolute Gasteiger partial charge is 0.494 e. The van der Waals surface area contributed by atoms with Crippen molar-refractivity contribution in [2.45, 2.75) is 103 Å². The summed E-state index contributed by atoms with van der Waals surface area (Å²) in [5.74, 6) is 2.17. The van der Waals surface area contributed by atoms with Gasteiger partial charge in [0.1, 0.15) is 11.5 Å². The molecule has 256 valence electrons. The zero-order valence-electron chi connectivity index (χ0n) is 28.2. The average molecular weight is 649 g/mol. The first-order valence-electron chi connectivity index (χ1n) is 17.5. The Kier molecular flexibility index (Phi) is 14.7. The van der Waals surface area contributed by atoms with Gasteiger partial charge in [-0.1, -0.05) is 32.4 Å². The zero-order chi connectivity index (χ0) is 33.4.